The minimum absolute atomic E-state index is 0.357. The van der Waals surface area contributed by atoms with Crippen molar-refractivity contribution in [2.45, 2.75) is 39.1 Å². The van der Waals surface area contributed by atoms with E-state index >= 15 is 0 Å². The van der Waals surface area contributed by atoms with E-state index in [1.807, 2.05) is 6.92 Å². The molecule has 0 radical (unpaired) electrons. The van der Waals surface area contributed by atoms with Crippen LogP contribution in [0.15, 0.2) is 0 Å². The van der Waals surface area contributed by atoms with Gasteiger partial charge in [-0.15, -0.1) is 0 Å². The molecule has 7 heteroatoms. The molecule has 7 nitrogen and oxygen atoms in total. The summed E-state index contributed by atoms with van der Waals surface area (Å²) in [6.45, 7) is 13.6. The van der Waals surface area contributed by atoms with Gasteiger partial charge in [-0.3, -0.25) is 14.7 Å². The minimum Gasteiger partial charge on any atom is -0.392 e. The van der Waals surface area contributed by atoms with Gasteiger partial charge in [0, 0.05) is 58.9 Å². The van der Waals surface area contributed by atoms with Crippen LogP contribution in [0.25, 0.3) is 0 Å². The molecule has 0 bridgehead atoms. The predicted octanol–water partition coefficient (Wildman–Crippen LogP) is -0.935. The van der Waals surface area contributed by atoms with Crippen LogP contribution in [-0.4, -0.2) is 120 Å². The van der Waals surface area contributed by atoms with E-state index in [4.69, 9.17) is 4.74 Å². The van der Waals surface area contributed by atoms with Gasteiger partial charge in [-0.05, 0) is 20.8 Å². The van der Waals surface area contributed by atoms with Crippen molar-refractivity contribution in [1.29, 1.82) is 0 Å². The van der Waals surface area contributed by atoms with E-state index in [0.717, 1.165) is 39.3 Å². The molecule has 1 heterocycles. The van der Waals surface area contributed by atoms with Gasteiger partial charge in [-0.2, -0.15) is 0 Å². The summed E-state index contributed by atoms with van der Waals surface area (Å²) in [5.74, 6) is 0. The van der Waals surface area contributed by atoms with Gasteiger partial charge in [0.15, 0.2) is 0 Å². The van der Waals surface area contributed by atoms with Crippen LogP contribution in [0.4, 0.5) is 0 Å². The fourth-order valence-electron chi connectivity index (χ4n) is 3.06. The van der Waals surface area contributed by atoms with Crippen LogP contribution in [0, 0.1) is 0 Å². The van der Waals surface area contributed by atoms with Crippen LogP contribution in [0.5, 0.6) is 0 Å². The lowest BCUT2D eigenvalue weighted by Crippen LogP contribution is -2.46. The summed E-state index contributed by atoms with van der Waals surface area (Å²) in [4.78, 5) is 6.70. The molecule has 0 amide bonds. The van der Waals surface area contributed by atoms with E-state index in [-0.39, 0.29) is 18.3 Å². The Hall–Kier alpha value is -0.280. The maximum atomic E-state index is 9.75. The van der Waals surface area contributed by atoms with Crippen molar-refractivity contribution < 1.29 is 20.1 Å². The van der Waals surface area contributed by atoms with Crippen molar-refractivity contribution in [1.82, 2.24) is 14.7 Å². The molecule has 1 saturated heterocycles. The number of hydrogen-bond acceptors (Lipinski definition) is 7. The lowest BCUT2D eigenvalue weighted by atomic mass is 10.3. The van der Waals surface area contributed by atoms with Crippen LogP contribution < -0.4 is 0 Å². The molecule has 1 fully saturated rings. The van der Waals surface area contributed by atoms with Crippen molar-refractivity contribution in [3.05, 3.63) is 0 Å². The quantitative estimate of drug-likeness (QED) is 0.573. The highest BCUT2D eigenvalue weighted by Gasteiger charge is 2.16. The summed E-state index contributed by atoms with van der Waals surface area (Å²) in [5, 5.41) is 29.1. The molecule has 24 heavy (non-hydrogen) atoms. The Bertz CT molecular complexity index is 292. The SMILES string of the molecule is C[C@@H](O)CN1CCOCCN(C[C@@H](C)O)CCN(C[C@@H](C)O)CC1. The zero-order valence-electron chi connectivity index (χ0n) is 15.6. The lowest BCUT2D eigenvalue weighted by molar-refractivity contribution is 0.0365. The highest BCUT2D eigenvalue weighted by Crippen LogP contribution is 2.02. The fraction of sp³-hybridized carbons (Fsp3) is 1.00. The van der Waals surface area contributed by atoms with Crippen LogP contribution in [0.1, 0.15) is 20.8 Å². The second-order valence-electron chi connectivity index (χ2n) is 7.06. The molecule has 0 saturated carbocycles. The minimum atomic E-state index is -0.364. The van der Waals surface area contributed by atoms with Gasteiger partial charge in [0.05, 0.1) is 31.5 Å². The number of ether oxygens (including phenoxy) is 1. The molecular formula is C17H37N3O4. The Balaban J connectivity index is 2.63. The average molecular weight is 348 g/mol. The number of nitrogens with zero attached hydrogens (tertiary/aromatic N) is 3. The summed E-state index contributed by atoms with van der Waals surface area (Å²) in [6, 6.07) is 0. The molecule has 144 valence electrons. The topological polar surface area (TPSA) is 79.6 Å². The first-order chi connectivity index (χ1) is 11.4. The second kappa shape index (κ2) is 12.1. The third-order valence-corrected chi connectivity index (χ3v) is 4.14. The standard InChI is InChI=1S/C17H37N3O4/c1-15(21)12-18-4-6-19(13-16(2)22)8-10-24-11-9-20(7-5-18)14-17(3)23/h15-17,21-23H,4-14H2,1-3H3/t15-,16-,17-/m1/s1. The van der Waals surface area contributed by atoms with Gasteiger partial charge in [-0.1, -0.05) is 0 Å². The first-order valence-corrected chi connectivity index (χ1v) is 9.15. The number of β-amino-alcohol motifs (C(OH)–C–C–N with tert-alkyl or cyclic N) is 3. The first-order valence-electron chi connectivity index (χ1n) is 9.15. The molecule has 3 atom stereocenters. The van der Waals surface area contributed by atoms with Crippen LogP contribution in [0.2, 0.25) is 0 Å². The highest BCUT2D eigenvalue weighted by molar-refractivity contribution is 4.71. The van der Waals surface area contributed by atoms with E-state index < -0.39 is 0 Å². The van der Waals surface area contributed by atoms with Crippen molar-refractivity contribution in [2.75, 3.05) is 72.1 Å². The van der Waals surface area contributed by atoms with E-state index in [2.05, 4.69) is 14.7 Å². The van der Waals surface area contributed by atoms with Crippen molar-refractivity contribution in [2.24, 2.45) is 0 Å². The van der Waals surface area contributed by atoms with Crippen molar-refractivity contribution in [3.63, 3.8) is 0 Å². The van der Waals surface area contributed by atoms with Crippen LogP contribution >= 0.6 is 0 Å². The number of aliphatic hydroxyl groups is 3. The zero-order valence-corrected chi connectivity index (χ0v) is 15.6. The third kappa shape index (κ3) is 10.6. The van der Waals surface area contributed by atoms with Gasteiger partial charge in [0.25, 0.3) is 0 Å². The second-order valence-corrected chi connectivity index (χ2v) is 7.06. The molecule has 0 aliphatic carbocycles. The van der Waals surface area contributed by atoms with Gasteiger partial charge in [0.1, 0.15) is 0 Å². The summed E-state index contributed by atoms with van der Waals surface area (Å²) >= 11 is 0. The monoisotopic (exact) mass is 347 g/mol. The molecule has 0 aromatic carbocycles. The Morgan fingerprint density at radius 2 is 0.917 bits per heavy atom. The van der Waals surface area contributed by atoms with E-state index in [1.165, 1.54) is 0 Å². The van der Waals surface area contributed by atoms with Crippen LogP contribution in [-0.2, 0) is 4.74 Å². The third-order valence-electron chi connectivity index (χ3n) is 4.14. The molecule has 0 spiro atoms. The smallest absolute Gasteiger partial charge is 0.0639 e. The molecule has 1 aliphatic rings. The molecule has 1 rings (SSSR count). The Labute approximate surface area is 146 Å². The highest BCUT2D eigenvalue weighted by atomic mass is 16.5. The molecule has 1 aliphatic heterocycles. The average Bonchev–Trinajstić information content (AvgIpc) is 2.45. The van der Waals surface area contributed by atoms with E-state index in [9.17, 15) is 15.3 Å². The number of rotatable bonds is 6. The number of aliphatic hydroxyl groups excluding tert-OH is 3. The van der Waals surface area contributed by atoms with Gasteiger partial charge >= 0.3 is 0 Å². The first kappa shape index (κ1) is 21.8. The summed E-state index contributed by atoms with van der Waals surface area (Å²) in [6.07, 6.45) is -1.08. The normalized spacial score (nSPS) is 24.8. The van der Waals surface area contributed by atoms with E-state index in [1.54, 1.807) is 13.8 Å². The molecular weight excluding hydrogens is 310 g/mol. The van der Waals surface area contributed by atoms with Crippen molar-refractivity contribution >= 4 is 0 Å². The Morgan fingerprint density at radius 3 is 1.21 bits per heavy atom. The zero-order chi connectivity index (χ0) is 17.9. The molecule has 0 unspecified atom stereocenters. The number of hydrogen-bond donors (Lipinski definition) is 3. The summed E-state index contributed by atoms with van der Waals surface area (Å²) in [7, 11) is 0. The fourth-order valence-corrected chi connectivity index (χ4v) is 3.06. The lowest BCUT2D eigenvalue weighted by Gasteiger charge is -2.32. The maximum Gasteiger partial charge on any atom is 0.0639 e. The van der Waals surface area contributed by atoms with E-state index in [0.29, 0.717) is 32.8 Å². The van der Waals surface area contributed by atoms with Gasteiger partial charge in [0.2, 0.25) is 0 Å². The molecule has 0 aromatic heterocycles. The Morgan fingerprint density at radius 1 is 0.625 bits per heavy atom. The van der Waals surface area contributed by atoms with Crippen molar-refractivity contribution in [3.8, 4) is 0 Å². The molecule has 0 aromatic rings. The largest absolute Gasteiger partial charge is 0.392 e. The summed E-state index contributed by atoms with van der Waals surface area (Å²) in [5.41, 5.74) is 0. The molecule has 3 N–H and O–H groups in total. The maximum absolute atomic E-state index is 9.75. The Kier molecular flexibility index (Phi) is 11.0. The van der Waals surface area contributed by atoms with Gasteiger partial charge < -0.3 is 20.1 Å². The predicted molar refractivity (Wildman–Crippen MR) is 95.2 cm³/mol. The summed E-state index contributed by atoms with van der Waals surface area (Å²) < 4.78 is 5.72. The van der Waals surface area contributed by atoms with Gasteiger partial charge in [-0.25, -0.2) is 0 Å². The van der Waals surface area contributed by atoms with Crippen LogP contribution in [0.3, 0.4) is 0 Å².